The van der Waals surface area contributed by atoms with Crippen molar-refractivity contribution in [3.05, 3.63) is 24.3 Å². The number of nitrogens with one attached hydrogen (secondary N) is 1. The number of carbonyl (C=O) groups excluding carboxylic acids is 2. The second-order valence-electron chi connectivity index (χ2n) is 4.48. The van der Waals surface area contributed by atoms with E-state index in [2.05, 4.69) is 10.3 Å². The number of carbonyl (C=O) groups is 2. The molecule has 0 radical (unpaired) electrons. The molecule has 0 aliphatic carbocycles. The Balaban J connectivity index is 1.69. The summed E-state index contributed by atoms with van der Waals surface area (Å²) < 4.78 is 5.31. The van der Waals surface area contributed by atoms with Gasteiger partial charge < -0.3 is 15.0 Å². The van der Waals surface area contributed by atoms with Gasteiger partial charge in [-0.25, -0.2) is 4.99 Å². The van der Waals surface area contributed by atoms with Crippen molar-refractivity contribution in [1.29, 1.82) is 0 Å². The molecule has 1 aromatic rings. The lowest BCUT2D eigenvalue weighted by Crippen LogP contribution is -2.39. The van der Waals surface area contributed by atoms with Crippen molar-refractivity contribution < 1.29 is 19.3 Å². The van der Waals surface area contributed by atoms with Crippen molar-refractivity contribution in [2.24, 2.45) is 4.99 Å². The largest absolute Gasteiger partial charge is 0.563 e. The fraction of sp³-hybridized carbons (Fsp3) is 0.250. The van der Waals surface area contributed by atoms with Crippen LogP contribution in [0, 0.1) is 0 Å². The molecule has 0 saturated carbocycles. The van der Waals surface area contributed by atoms with Gasteiger partial charge in [-0.1, -0.05) is 18.2 Å². The van der Waals surface area contributed by atoms with E-state index in [4.69, 9.17) is 4.65 Å². The molecule has 2 heterocycles. The van der Waals surface area contributed by atoms with E-state index in [1.807, 2.05) is 6.07 Å². The summed E-state index contributed by atoms with van der Waals surface area (Å²) in [6, 6.07) is 6.66. The summed E-state index contributed by atoms with van der Waals surface area (Å²) in [4.78, 5) is 26.8. The molecule has 1 aromatic carbocycles. The van der Waals surface area contributed by atoms with Crippen LogP contribution in [-0.4, -0.2) is 34.4 Å². The third kappa shape index (κ3) is 2.57. The number of fused-ring (bicyclic) bond motifs is 1. The molecule has 8 heteroatoms. The van der Waals surface area contributed by atoms with Gasteiger partial charge in [-0.2, -0.15) is 0 Å². The monoisotopic (exact) mass is 290 g/mol. The molecule has 1 amide bonds. The van der Waals surface area contributed by atoms with Crippen molar-refractivity contribution in [1.82, 2.24) is 5.32 Å². The van der Waals surface area contributed by atoms with Gasteiger partial charge in [0.1, 0.15) is 0 Å². The van der Waals surface area contributed by atoms with Crippen LogP contribution in [0.25, 0.3) is 0 Å². The third-order valence-corrected chi connectivity index (χ3v) is 3.90. The number of aliphatic imine (C=N–C) groups is 1. The van der Waals surface area contributed by atoms with E-state index >= 15 is 0 Å². The van der Waals surface area contributed by atoms with Crippen LogP contribution in [-0.2, 0) is 9.45 Å². The van der Waals surface area contributed by atoms with Gasteiger partial charge in [0, 0.05) is 23.6 Å². The molecule has 0 bridgehead atoms. The molecule has 3 rings (SSSR count). The zero-order valence-corrected chi connectivity index (χ0v) is 11.2. The number of hydrogen-bond acceptors (Lipinski definition) is 6. The Kier molecular flexibility index (Phi) is 3.50. The number of rotatable bonds is 3. The molecule has 2 N–H and O–H groups in total. The highest BCUT2D eigenvalue weighted by molar-refractivity contribution is 8.26. The summed E-state index contributed by atoms with van der Waals surface area (Å²) in [7, 11) is -1.04. The standard InChI is InChI=1S/C12H11BN2O4S/c16-11-9(15-12(17)20-11)5-6-10-14-8-4-2-1-3-7(8)13(18)19-10/h1-4,9,18H,5-6H2,(H,15,17). The first-order valence-corrected chi connectivity index (χ1v) is 6.98. The van der Waals surface area contributed by atoms with Crippen LogP contribution in [0.1, 0.15) is 12.8 Å². The summed E-state index contributed by atoms with van der Waals surface area (Å²) >= 11 is 0.685. The minimum absolute atomic E-state index is 0.188. The molecule has 1 saturated heterocycles. The van der Waals surface area contributed by atoms with Crippen LogP contribution in [0.5, 0.6) is 0 Å². The normalized spacial score (nSPS) is 21.1. The van der Waals surface area contributed by atoms with Gasteiger partial charge >= 0.3 is 7.12 Å². The highest BCUT2D eigenvalue weighted by atomic mass is 32.2. The molecule has 1 atom stereocenters. The molecule has 6 nitrogen and oxygen atoms in total. The van der Waals surface area contributed by atoms with E-state index in [1.54, 1.807) is 18.2 Å². The Bertz CT molecular complexity index is 607. The second kappa shape index (κ2) is 5.30. The van der Waals surface area contributed by atoms with Crippen molar-refractivity contribution >= 4 is 46.3 Å². The summed E-state index contributed by atoms with van der Waals surface area (Å²) in [5.74, 6) is 0.371. The first-order chi connectivity index (χ1) is 9.63. The van der Waals surface area contributed by atoms with E-state index in [0.717, 1.165) is 0 Å². The van der Waals surface area contributed by atoms with Gasteiger partial charge in [0.25, 0.3) is 5.24 Å². The maximum atomic E-state index is 11.5. The third-order valence-electron chi connectivity index (χ3n) is 3.11. The van der Waals surface area contributed by atoms with E-state index in [9.17, 15) is 14.6 Å². The van der Waals surface area contributed by atoms with Crippen LogP contribution in [0.15, 0.2) is 29.3 Å². The van der Waals surface area contributed by atoms with Gasteiger partial charge in [0.2, 0.25) is 5.12 Å². The molecule has 102 valence electrons. The SMILES string of the molecule is O=C1NC(CCC2=Nc3ccccc3B(O)O2)C(=O)S1. The topological polar surface area (TPSA) is 88.0 Å². The molecule has 1 fully saturated rings. The first kappa shape index (κ1) is 13.2. The highest BCUT2D eigenvalue weighted by Crippen LogP contribution is 2.21. The minimum atomic E-state index is -1.04. The van der Waals surface area contributed by atoms with E-state index in [1.165, 1.54) is 0 Å². The van der Waals surface area contributed by atoms with Gasteiger partial charge in [-0.05, 0) is 12.5 Å². The lowest BCUT2D eigenvalue weighted by Gasteiger charge is -2.19. The number of hydrogen-bond donors (Lipinski definition) is 2. The second-order valence-corrected chi connectivity index (χ2v) is 5.46. The molecule has 0 aromatic heterocycles. The quantitative estimate of drug-likeness (QED) is 0.794. The van der Waals surface area contributed by atoms with Crippen LogP contribution < -0.4 is 10.8 Å². The van der Waals surface area contributed by atoms with E-state index < -0.39 is 13.2 Å². The first-order valence-electron chi connectivity index (χ1n) is 6.17. The Morgan fingerprint density at radius 2 is 2.20 bits per heavy atom. The number of thioether (sulfide) groups is 1. The molecule has 20 heavy (non-hydrogen) atoms. The highest BCUT2D eigenvalue weighted by Gasteiger charge is 2.33. The zero-order valence-electron chi connectivity index (χ0n) is 10.4. The molecule has 1 unspecified atom stereocenters. The maximum absolute atomic E-state index is 11.5. The van der Waals surface area contributed by atoms with Crippen LogP contribution in [0.3, 0.4) is 0 Å². The van der Waals surface area contributed by atoms with E-state index in [-0.39, 0.29) is 10.4 Å². The van der Waals surface area contributed by atoms with Crippen LogP contribution in [0.4, 0.5) is 10.5 Å². The van der Waals surface area contributed by atoms with Crippen LogP contribution >= 0.6 is 11.8 Å². The molecule has 2 aliphatic rings. The Labute approximate surface area is 119 Å². The van der Waals surface area contributed by atoms with Crippen molar-refractivity contribution in [3.8, 4) is 0 Å². The summed E-state index contributed by atoms with van der Waals surface area (Å²) in [5.41, 5.74) is 1.29. The maximum Gasteiger partial charge on any atom is 0.563 e. The lowest BCUT2D eigenvalue weighted by molar-refractivity contribution is -0.112. The number of benzene rings is 1. The number of amides is 1. The predicted molar refractivity (Wildman–Crippen MR) is 76.4 cm³/mol. The van der Waals surface area contributed by atoms with Gasteiger partial charge in [-0.3, -0.25) is 9.59 Å². The number of nitrogens with zero attached hydrogens (tertiary/aromatic N) is 1. The zero-order chi connectivity index (χ0) is 14.1. The minimum Gasteiger partial charge on any atom is -0.522 e. The fourth-order valence-corrected chi connectivity index (χ4v) is 2.82. The fourth-order valence-electron chi connectivity index (χ4n) is 2.12. The average molecular weight is 290 g/mol. The molecule has 0 spiro atoms. The van der Waals surface area contributed by atoms with Gasteiger partial charge in [0.15, 0.2) is 5.90 Å². The lowest BCUT2D eigenvalue weighted by atomic mass is 9.77. The number of para-hydroxylation sites is 1. The summed E-state index contributed by atoms with van der Waals surface area (Å²) in [6.45, 7) is 0. The Morgan fingerprint density at radius 1 is 1.40 bits per heavy atom. The van der Waals surface area contributed by atoms with Gasteiger partial charge in [-0.15, -0.1) is 0 Å². The average Bonchev–Trinajstić information content (AvgIpc) is 2.75. The van der Waals surface area contributed by atoms with E-state index in [0.29, 0.717) is 41.7 Å². The smallest absolute Gasteiger partial charge is 0.522 e. The van der Waals surface area contributed by atoms with Gasteiger partial charge in [0.05, 0.1) is 11.7 Å². The van der Waals surface area contributed by atoms with Crippen LogP contribution in [0.2, 0.25) is 0 Å². The molecule has 2 aliphatic heterocycles. The Morgan fingerprint density at radius 3 is 2.95 bits per heavy atom. The van der Waals surface area contributed by atoms with Crippen molar-refractivity contribution in [2.45, 2.75) is 18.9 Å². The van der Waals surface area contributed by atoms with Crippen molar-refractivity contribution in [2.75, 3.05) is 0 Å². The summed E-state index contributed by atoms with van der Waals surface area (Å²) in [5, 5.41) is 11.9. The summed E-state index contributed by atoms with van der Waals surface area (Å²) in [6.07, 6.45) is 0.786. The Hall–Kier alpha value is -1.80. The molecular formula is C12H11BN2O4S. The molecular weight excluding hydrogens is 279 g/mol. The van der Waals surface area contributed by atoms with Crippen molar-refractivity contribution in [3.63, 3.8) is 0 Å². The predicted octanol–water partition coefficient (Wildman–Crippen LogP) is 0.566.